The zero-order valence-electron chi connectivity index (χ0n) is 8.78. The van der Waals surface area contributed by atoms with E-state index in [0.717, 1.165) is 5.56 Å². The van der Waals surface area contributed by atoms with Crippen LogP contribution >= 0.6 is 0 Å². The van der Waals surface area contributed by atoms with Crippen LogP contribution in [0.4, 0.5) is 0 Å². The van der Waals surface area contributed by atoms with E-state index in [1.54, 1.807) is 12.1 Å². The fourth-order valence-corrected chi connectivity index (χ4v) is 0.828. The van der Waals surface area contributed by atoms with Crippen molar-refractivity contribution in [2.75, 3.05) is 13.2 Å². The average molecular weight is 228 g/mol. The number of hydrogen-bond acceptors (Lipinski definition) is 4. The fraction of sp³-hybridized carbons (Fsp3) is 0.364. The Hall–Kier alpha value is -1.43. The van der Waals surface area contributed by atoms with E-state index in [1.165, 1.54) is 0 Å². The van der Waals surface area contributed by atoms with Gasteiger partial charge in [-0.05, 0) is 5.56 Å². The Morgan fingerprint density at radius 1 is 1.12 bits per heavy atom. The summed E-state index contributed by atoms with van der Waals surface area (Å²) < 4.78 is 0. The standard InChI is InChI=1S/C8H8O2.C3H8O3/c9-8(10)6-7-4-2-1-3-5-7;4-1-3(6)2-5/h1-5H,6H2,(H,9,10);3-6H,1-2H2. The Morgan fingerprint density at radius 3 is 1.94 bits per heavy atom. The topological polar surface area (TPSA) is 98.0 Å². The van der Waals surface area contributed by atoms with Crippen molar-refractivity contribution in [2.24, 2.45) is 0 Å². The molecule has 1 aromatic carbocycles. The molecule has 0 bridgehead atoms. The van der Waals surface area contributed by atoms with Crippen LogP contribution < -0.4 is 0 Å². The smallest absolute Gasteiger partial charge is 0.307 e. The Kier molecular flexibility index (Phi) is 8.05. The van der Waals surface area contributed by atoms with Gasteiger partial charge in [-0.15, -0.1) is 0 Å². The van der Waals surface area contributed by atoms with Crippen LogP contribution in [0.15, 0.2) is 30.3 Å². The second-order valence-electron chi connectivity index (χ2n) is 3.08. The number of aliphatic hydroxyl groups excluding tert-OH is 3. The molecular formula is C11H16O5. The van der Waals surface area contributed by atoms with Crippen LogP contribution in [0.25, 0.3) is 0 Å². The fourth-order valence-electron chi connectivity index (χ4n) is 0.828. The van der Waals surface area contributed by atoms with Crippen LogP contribution in [0.2, 0.25) is 0 Å². The zero-order valence-corrected chi connectivity index (χ0v) is 8.78. The molecule has 0 atom stereocenters. The summed E-state index contributed by atoms with van der Waals surface area (Å²) in [5.74, 6) is -0.786. The minimum absolute atomic E-state index is 0.112. The van der Waals surface area contributed by atoms with Crippen molar-refractivity contribution < 1.29 is 25.2 Å². The number of aliphatic carboxylic acids is 1. The third-order valence-corrected chi connectivity index (χ3v) is 1.62. The van der Waals surface area contributed by atoms with E-state index in [1.807, 2.05) is 18.2 Å². The van der Waals surface area contributed by atoms with Gasteiger partial charge in [0.1, 0.15) is 6.10 Å². The lowest BCUT2D eigenvalue weighted by atomic mass is 10.2. The minimum atomic E-state index is -0.954. The first-order valence-corrected chi connectivity index (χ1v) is 4.75. The van der Waals surface area contributed by atoms with Crippen LogP contribution in [-0.2, 0) is 11.2 Å². The summed E-state index contributed by atoms with van der Waals surface area (Å²) in [5, 5.41) is 32.4. The van der Waals surface area contributed by atoms with Crippen LogP contribution in [0.3, 0.4) is 0 Å². The molecule has 1 rings (SSSR count). The van der Waals surface area contributed by atoms with E-state index in [4.69, 9.17) is 20.4 Å². The highest BCUT2D eigenvalue weighted by Gasteiger charge is 1.96. The summed E-state index contributed by atoms with van der Waals surface area (Å²) in [4.78, 5) is 10.2. The van der Waals surface area contributed by atoms with E-state index in [0.29, 0.717) is 0 Å². The quantitative estimate of drug-likeness (QED) is 0.564. The molecule has 0 spiro atoms. The molecule has 0 heterocycles. The normalized spacial score (nSPS) is 9.50. The van der Waals surface area contributed by atoms with E-state index >= 15 is 0 Å². The molecule has 0 saturated carbocycles. The molecule has 0 saturated heterocycles. The number of rotatable bonds is 4. The summed E-state index contributed by atoms with van der Waals surface area (Å²) in [6, 6.07) is 9.13. The minimum Gasteiger partial charge on any atom is -0.481 e. The lowest BCUT2D eigenvalue weighted by molar-refractivity contribution is -0.136. The third-order valence-electron chi connectivity index (χ3n) is 1.62. The maximum absolute atomic E-state index is 10.2. The van der Waals surface area contributed by atoms with Crippen molar-refractivity contribution in [3.05, 3.63) is 35.9 Å². The highest BCUT2D eigenvalue weighted by molar-refractivity contribution is 5.70. The summed E-state index contributed by atoms with van der Waals surface area (Å²) in [5.41, 5.74) is 0.843. The van der Waals surface area contributed by atoms with Crippen molar-refractivity contribution in [1.29, 1.82) is 0 Å². The SMILES string of the molecule is O=C(O)Cc1ccccc1.OCC(O)CO. The van der Waals surface area contributed by atoms with Crippen LogP contribution in [0.1, 0.15) is 5.56 Å². The molecular weight excluding hydrogens is 212 g/mol. The van der Waals surface area contributed by atoms with Crippen molar-refractivity contribution in [3.63, 3.8) is 0 Å². The van der Waals surface area contributed by atoms with E-state index in [9.17, 15) is 4.79 Å². The molecule has 5 nitrogen and oxygen atoms in total. The lowest BCUT2D eigenvalue weighted by Gasteiger charge is -1.96. The molecule has 90 valence electrons. The average Bonchev–Trinajstić information content (AvgIpc) is 2.29. The molecule has 16 heavy (non-hydrogen) atoms. The molecule has 0 unspecified atom stereocenters. The number of aliphatic hydroxyl groups is 3. The first-order chi connectivity index (χ1) is 7.60. The summed E-state index contributed by atoms with van der Waals surface area (Å²) in [6.45, 7) is -0.729. The highest BCUT2D eigenvalue weighted by Crippen LogP contribution is 1.98. The van der Waals surface area contributed by atoms with E-state index < -0.39 is 12.1 Å². The summed E-state index contributed by atoms with van der Waals surface area (Å²) >= 11 is 0. The van der Waals surface area contributed by atoms with Gasteiger partial charge in [0.2, 0.25) is 0 Å². The van der Waals surface area contributed by atoms with Crippen LogP contribution in [0, 0.1) is 0 Å². The summed E-state index contributed by atoms with van der Waals surface area (Å²) in [6.07, 6.45) is -0.842. The Morgan fingerprint density at radius 2 is 1.62 bits per heavy atom. The molecule has 0 aromatic heterocycles. The van der Waals surface area contributed by atoms with Gasteiger partial charge in [-0.25, -0.2) is 0 Å². The molecule has 0 aliphatic heterocycles. The molecule has 4 N–H and O–H groups in total. The van der Waals surface area contributed by atoms with Crippen LogP contribution in [0.5, 0.6) is 0 Å². The second kappa shape index (κ2) is 8.84. The number of hydrogen-bond donors (Lipinski definition) is 4. The highest BCUT2D eigenvalue weighted by atomic mass is 16.4. The zero-order chi connectivity index (χ0) is 12.4. The van der Waals surface area contributed by atoms with Crippen LogP contribution in [-0.4, -0.2) is 45.7 Å². The molecule has 0 amide bonds. The third kappa shape index (κ3) is 7.93. The predicted molar refractivity (Wildman–Crippen MR) is 58.0 cm³/mol. The van der Waals surface area contributed by atoms with E-state index in [2.05, 4.69) is 0 Å². The molecule has 1 aromatic rings. The first-order valence-electron chi connectivity index (χ1n) is 4.75. The number of carbonyl (C=O) groups is 1. The lowest BCUT2D eigenvalue weighted by Crippen LogP contribution is -2.15. The van der Waals surface area contributed by atoms with Gasteiger partial charge in [0.25, 0.3) is 0 Å². The van der Waals surface area contributed by atoms with Gasteiger partial charge in [-0.2, -0.15) is 0 Å². The molecule has 0 radical (unpaired) electrons. The van der Waals surface area contributed by atoms with E-state index in [-0.39, 0.29) is 19.6 Å². The largest absolute Gasteiger partial charge is 0.481 e. The maximum Gasteiger partial charge on any atom is 0.307 e. The van der Waals surface area contributed by atoms with Gasteiger partial charge in [0.15, 0.2) is 0 Å². The van der Waals surface area contributed by atoms with Gasteiger partial charge in [-0.3, -0.25) is 4.79 Å². The number of carboxylic acid groups (broad SMARTS) is 1. The Labute approximate surface area is 93.6 Å². The molecule has 0 fully saturated rings. The van der Waals surface area contributed by atoms with Gasteiger partial charge in [0, 0.05) is 0 Å². The van der Waals surface area contributed by atoms with Gasteiger partial charge in [0.05, 0.1) is 19.6 Å². The van der Waals surface area contributed by atoms with Crippen molar-refractivity contribution in [1.82, 2.24) is 0 Å². The van der Waals surface area contributed by atoms with Crippen molar-refractivity contribution in [2.45, 2.75) is 12.5 Å². The maximum atomic E-state index is 10.2. The Bertz CT molecular complexity index is 282. The monoisotopic (exact) mass is 228 g/mol. The molecule has 0 aliphatic carbocycles. The van der Waals surface area contributed by atoms with Crippen molar-refractivity contribution in [3.8, 4) is 0 Å². The van der Waals surface area contributed by atoms with Gasteiger partial charge >= 0.3 is 5.97 Å². The molecule has 5 heteroatoms. The van der Waals surface area contributed by atoms with Gasteiger partial charge < -0.3 is 20.4 Å². The van der Waals surface area contributed by atoms with Crippen molar-refractivity contribution >= 4 is 5.97 Å². The number of carboxylic acids is 1. The van der Waals surface area contributed by atoms with Gasteiger partial charge in [-0.1, -0.05) is 30.3 Å². The predicted octanol–water partition coefficient (Wildman–Crippen LogP) is -0.354. The first kappa shape index (κ1) is 14.6. The second-order valence-corrected chi connectivity index (χ2v) is 3.08. The molecule has 0 aliphatic rings. The Balaban J connectivity index is 0.000000325. The summed E-state index contributed by atoms with van der Waals surface area (Å²) in [7, 11) is 0. The number of benzene rings is 1.